The van der Waals surface area contributed by atoms with Crippen molar-refractivity contribution >= 4 is 17.6 Å². The zero-order valence-electron chi connectivity index (χ0n) is 18.6. The molecule has 0 saturated heterocycles. The molecular formula is C27H27FN2O3. The first kappa shape index (κ1) is 22.6. The molecule has 1 saturated carbocycles. The first-order valence-electron chi connectivity index (χ1n) is 11.2. The molecule has 0 radical (unpaired) electrons. The van der Waals surface area contributed by atoms with Gasteiger partial charge >= 0.3 is 5.97 Å². The van der Waals surface area contributed by atoms with Crippen molar-refractivity contribution in [1.82, 2.24) is 4.98 Å². The number of amides is 1. The molecule has 0 spiro atoms. The molecule has 0 bridgehead atoms. The van der Waals surface area contributed by atoms with Crippen LogP contribution < -0.4 is 5.32 Å². The number of nitrogens with zero attached hydrogens (tertiary/aromatic N) is 1. The average Bonchev–Trinajstić information content (AvgIpc) is 2.76. The fourth-order valence-electron chi connectivity index (χ4n) is 4.41. The number of pyridine rings is 1. The Morgan fingerprint density at radius 2 is 1.88 bits per heavy atom. The van der Waals surface area contributed by atoms with E-state index in [-0.39, 0.29) is 30.0 Å². The first-order chi connectivity index (χ1) is 15.9. The summed E-state index contributed by atoms with van der Waals surface area (Å²) in [4.78, 5) is 28.3. The lowest BCUT2D eigenvalue weighted by molar-refractivity contribution is -0.137. The maximum absolute atomic E-state index is 13.5. The average molecular weight is 447 g/mol. The molecule has 0 unspecified atom stereocenters. The molecule has 1 aliphatic rings. The van der Waals surface area contributed by atoms with Gasteiger partial charge in [0.05, 0.1) is 12.1 Å². The van der Waals surface area contributed by atoms with Crippen LogP contribution in [0, 0.1) is 18.7 Å². The summed E-state index contributed by atoms with van der Waals surface area (Å²) in [7, 11) is 0. The second-order valence-electron chi connectivity index (χ2n) is 8.66. The molecule has 3 aromatic rings. The van der Waals surface area contributed by atoms with Gasteiger partial charge in [0.25, 0.3) is 0 Å². The van der Waals surface area contributed by atoms with Crippen molar-refractivity contribution in [3.63, 3.8) is 0 Å². The molecular weight excluding hydrogens is 419 g/mol. The standard InChI is InChI=1S/C27H27FN2O3/c1-17-18(12-13-25(31)32)4-3-7-24(17)30-27(33)26(20-5-2-6-20)21-10-8-19(9-11-21)22-14-23(28)16-29-15-22/h3-4,7-11,14-16,20,26H,2,5-6,12-13H2,1H3,(H,30,33)(H,31,32)/t26-/m1/s1. The Labute approximate surface area is 192 Å². The first-order valence-corrected chi connectivity index (χ1v) is 11.2. The second kappa shape index (κ2) is 9.94. The number of carbonyl (C=O) groups is 2. The van der Waals surface area contributed by atoms with Crippen LogP contribution in [0.15, 0.2) is 60.9 Å². The highest BCUT2D eigenvalue weighted by atomic mass is 19.1. The van der Waals surface area contributed by atoms with Crippen molar-refractivity contribution in [2.75, 3.05) is 5.32 Å². The number of hydrogen-bond donors (Lipinski definition) is 2. The SMILES string of the molecule is Cc1c(CCC(=O)O)cccc1NC(=O)[C@@H](c1ccc(-c2cncc(F)c2)cc1)C1CCC1. The van der Waals surface area contributed by atoms with E-state index in [4.69, 9.17) is 5.11 Å². The smallest absolute Gasteiger partial charge is 0.303 e. The minimum Gasteiger partial charge on any atom is -0.481 e. The summed E-state index contributed by atoms with van der Waals surface area (Å²) in [6.07, 6.45) is 6.40. The van der Waals surface area contributed by atoms with Crippen molar-refractivity contribution in [3.8, 4) is 11.1 Å². The van der Waals surface area contributed by atoms with Crippen LogP contribution in [0.4, 0.5) is 10.1 Å². The maximum atomic E-state index is 13.5. The number of halogens is 1. The number of nitrogens with one attached hydrogen (secondary N) is 1. The van der Waals surface area contributed by atoms with Crippen LogP contribution in [0.25, 0.3) is 11.1 Å². The van der Waals surface area contributed by atoms with Gasteiger partial charge in [-0.25, -0.2) is 4.39 Å². The zero-order chi connectivity index (χ0) is 23.4. The summed E-state index contributed by atoms with van der Waals surface area (Å²) >= 11 is 0. The van der Waals surface area contributed by atoms with Crippen molar-refractivity contribution in [2.24, 2.45) is 5.92 Å². The molecule has 6 heteroatoms. The van der Waals surface area contributed by atoms with Crippen molar-refractivity contribution in [1.29, 1.82) is 0 Å². The molecule has 2 N–H and O–H groups in total. The summed E-state index contributed by atoms with van der Waals surface area (Å²) in [6.45, 7) is 1.91. The Bertz CT molecular complexity index is 1160. The molecule has 1 atom stereocenters. The van der Waals surface area contributed by atoms with Crippen LogP contribution in [0.1, 0.15) is 48.3 Å². The highest BCUT2D eigenvalue weighted by molar-refractivity contribution is 5.97. The van der Waals surface area contributed by atoms with E-state index in [0.717, 1.165) is 47.2 Å². The topological polar surface area (TPSA) is 79.3 Å². The number of anilines is 1. The van der Waals surface area contributed by atoms with Crippen molar-refractivity contribution in [3.05, 3.63) is 83.4 Å². The Morgan fingerprint density at radius 3 is 2.52 bits per heavy atom. The van der Waals surface area contributed by atoms with Crippen molar-refractivity contribution < 1.29 is 19.1 Å². The summed E-state index contributed by atoms with van der Waals surface area (Å²) < 4.78 is 13.5. The van der Waals surface area contributed by atoms with Gasteiger partial charge in [0.15, 0.2) is 0 Å². The minimum absolute atomic E-state index is 0.0517. The number of hydrogen-bond acceptors (Lipinski definition) is 3. The number of benzene rings is 2. The molecule has 0 aliphatic heterocycles. The number of carboxylic acids is 1. The number of aromatic nitrogens is 1. The molecule has 1 heterocycles. The number of carboxylic acid groups (broad SMARTS) is 1. The maximum Gasteiger partial charge on any atom is 0.303 e. The fraction of sp³-hybridized carbons (Fsp3) is 0.296. The number of aryl methyl sites for hydroxylation is 1. The van der Waals surface area contributed by atoms with Gasteiger partial charge in [0.1, 0.15) is 5.82 Å². The molecule has 4 rings (SSSR count). The van der Waals surface area contributed by atoms with E-state index in [0.29, 0.717) is 12.0 Å². The van der Waals surface area contributed by atoms with E-state index in [2.05, 4.69) is 10.3 Å². The van der Waals surface area contributed by atoms with Gasteiger partial charge < -0.3 is 10.4 Å². The largest absolute Gasteiger partial charge is 0.481 e. The third kappa shape index (κ3) is 5.28. The Kier molecular flexibility index (Phi) is 6.82. The van der Waals surface area contributed by atoms with Crippen LogP contribution in [-0.2, 0) is 16.0 Å². The Hall–Kier alpha value is -3.54. The Balaban J connectivity index is 1.55. The number of aliphatic carboxylic acids is 1. The van der Waals surface area contributed by atoms with E-state index < -0.39 is 5.97 Å². The quantitative estimate of drug-likeness (QED) is 0.463. The van der Waals surface area contributed by atoms with Crippen LogP contribution >= 0.6 is 0 Å². The van der Waals surface area contributed by atoms with E-state index in [1.807, 2.05) is 49.4 Å². The van der Waals surface area contributed by atoms with Gasteiger partial charge in [-0.2, -0.15) is 0 Å². The molecule has 2 aromatic carbocycles. The molecule has 1 aromatic heterocycles. The summed E-state index contributed by atoms with van der Waals surface area (Å²) in [5.41, 5.74) is 5.01. The predicted molar refractivity (Wildman–Crippen MR) is 125 cm³/mol. The van der Waals surface area contributed by atoms with E-state index in [1.54, 1.807) is 6.20 Å². The zero-order valence-corrected chi connectivity index (χ0v) is 18.6. The van der Waals surface area contributed by atoms with Crippen LogP contribution in [0.2, 0.25) is 0 Å². The molecule has 5 nitrogen and oxygen atoms in total. The lowest BCUT2D eigenvalue weighted by atomic mass is 9.72. The lowest BCUT2D eigenvalue weighted by Crippen LogP contribution is -2.31. The molecule has 1 aliphatic carbocycles. The van der Waals surface area contributed by atoms with Crippen LogP contribution in [-0.4, -0.2) is 22.0 Å². The number of rotatable bonds is 8. The van der Waals surface area contributed by atoms with Gasteiger partial charge in [0.2, 0.25) is 5.91 Å². The van der Waals surface area contributed by atoms with Gasteiger partial charge in [0, 0.05) is 23.9 Å². The molecule has 1 amide bonds. The summed E-state index contributed by atoms with van der Waals surface area (Å²) in [5, 5.41) is 12.1. The van der Waals surface area contributed by atoms with Gasteiger partial charge in [-0.3, -0.25) is 14.6 Å². The number of carbonyl (C=O) groups excluding carboxylic acids is 1. The van der Waals surface area contributed by atoms with E-state index in [9.17, 15) is 14.0 Å². The summed E-state index contributed by atoms with van der Waals surface area (Å²) in [6, 6.07) is 14.7. The van der Waals surface area contributed by atoms with Crippen molar-refractivity contribution in [2.45, 2.75) is 44.9 Å². The molecule has 1 fully saturated rings. The molecule has 33 heavy (non-hydrogen) atoms. The molecule has 170 valence electrons. The van der Waals surface area contributed by atoms with Gasteiger partial charge in [-0.15, -0.1) is 0 Å². The van der Waals surface area contributed by atoms with E-state index >= 15 is 0 Å². The van der Waals surface area contributed by atoms with Gasteiger partial charge in [-0.1, -0.05) is 42.8 Å². The third-order valence-electron chi connectivity index (χ3n) is 6.52. The third-order valence-corrected chi connectivity index (χ3v) is 6.52. The highest BCUT2D eigenvalue weighted by Gasteiger charge is 2.34. The highest BCUT2D eigenvalue weighted by Crippen LogP contribution is 2.40. The van der Waals surface area contributed by atoms with Crippen LogP contribution in [0.5, 0.6) is 0 Å². The predicted octanol–water partition coefficient (Wildman–Crippen LogP) is 5.74. The normalized spacial score (nSPS) is 14.4. The minimum atomic E-state index is -0.841. The fourth-order valence-corrected chi connectivity index (χ4v) is 4.41. The van der Waals surface area contributed by atoms with E-state index in [1.165, 1.54) is 12.3 Å². The monoisotopic (exact) mass is 446 g/mol. The van der Waals surface area contributed by atoms with Crippen LogP contribution in [0.3, 0.4) is 0 Å². The second-order valence-corrected chi connectivity index (χ2v) is 8.66. The Morgan fingerprint density at radius 1 is 1.12 bits per heavy atom. The lowest BCUT2D eigenvalue weighted by Gasteiger charge is -2.33. The summed E-state index contributed by atoms with van der Waals surface area (Å²) in [5.74, 6) is -1.28. The van der Waals surface area contributed by atoms with Gasteiger partial charge in [-0.05, 0) is 66.5 Å².